The largest absolute Gasteiger partial charge is 0.143 e. The van der Waals surface area contributed by atoms with Gasteiger partial charge >= 0.3 is 0 Å². The highest BCUT2D eigenvalue weighted by Gasteiger charge is 2.24. The van der Waals surface area contributed by atoms with Crippen LogP contribution in [0.3, 0.4) is 0 Å². The van der Waals surface area contributed by atoms with Gasteiger partial charge in [-0.2, -0.15) is 0 Å². The summed E-state index contributed by atoms with van der Waals surface area (Å²) >= 11 is 8.53. The topological polar surface area (TPSA) is 0 Å². The molecule has 0 saturated heterocycles. The lowest BCUT2D eigenvalue weighted by Crippen LogP contribution is -2.11. The Morgan fingerprint density at radius 3 is 2.71 bits per heavy atom. The average Bonchev–Trinajstić information content (AvgIpc) is 2.83. The molecule has 1 aromatic carbocycles. The van der Waals surface area contributed by atoms with E-state index in [4.69, 9.17) is 11.6 Å². The molecule has 1 saturated carbocycles. The van der Waals surface area contributed by atoms with Gasteiger partial charge in [0.25, 0.3) is 0 Å². The van der Waals surface area contributed by atoms with E-state index in [1.54, 1.807) is 0 Å². The highest BCUT2D eigenvalue weighted by molar-refractivity contribution is 7.17. The van der Waals surface area contributed by atoms with Gasteiger partial charge in [0.2, 0.25) is 0 Å². The van der Waals surface area contributed by atoms with Crippen LogP contribution in [0.15, 0.2) is 29.6 Å². The van der Waals surface area contributed by atoms with Crippen molar-refractivity contribution < 1.29 is 0 Å². The maximum absolute atomic E-state index is 6.71. The zero-order valence-corrected chi connectivity index (χ0v) is 11.4. The second-order valence-corrected chi connectivity index (χ2v) is 6.37. The lowest BCUT2D eigenvalue weighted by molar-refractivity contribution is 0.349. The van der Waals surface area contributed by atoms with Crippen LogP contribution >= 0.6 is 22.9 Å². The second kappa shape index (κ2) is 4.99. The SMILES string of the molecule is ClC(c1csc2ccccc12)C1CCCCC1. The van der Waals surface area contributed by atoms with Gasteiger partial charge in [-0.05, 0) is 41.2 Å². The Hall–Kier alpha value is -0.530. The van der Waals surface area contributed by atoms with E-state index in [9.17, 15) is 0 Å². The van der Waals surface area contributed by atoms with E-state index in [1.807, 2.05) is 11.3 Å². The van der Waals surface area contributed by atoms with Crippen molar-refractivity contribution in [3.05, 3.63) is 35.2 Å². The van der Waals surface area contributed by atoms with Gasteiger partial charge in [-0.3, -0.25) is 0 Å². The molecule has 2 aromatic rings. The van der Waals surface area contributed by atoms with E-state index >= 15 is 0 Å². The summed E-state index contributed by atoms with van der Waals surface area (Å²) in [6, 6.07) is 8.61. The first-order chi connectivity index (χ1) is 8.36. The normalized spacial score (nSPS) is 19.6. The fourth-order valence-electron chi connectivity index (χ4n) is 2.89. The number of alkyl halides is 1. The van der Waals surface area contributed by atoms with Crippen molar-refractivity contribution in [3.63, 3.8) is 0 Å². The van der Waals surface area contributed by atoms with E-state index in [0.29, 0.717) is 5.92 Å². The van der Waals surface area contributed by atoms with Gasteiger partial charge in [-0.1, -0.05) is 37.5 Å². The minimum absolute atomic E-state index is 0.214. The molecule has 1 atom stereocenters. The van der Waals surface area contributed by atoms with Crippen molar-refractivity contribution in [1.82, 2.24) is 0 Å². The highest BCUT2D eigenvalue weighted by atomic mass is 35.5. The first-order valence-corrected chi connectivity index (χ1v) is 7.78. The molecule has 1 fully saturated rings. The Bertz CT molecular complexity index is 496. The zero-order chi connectivity index (χ0) is 11.7. The van der Waals surface area contributed by atoms with Gasteiger partial charge in [-0.15, -0.1) is 22.9 Å². The summed E-state index contributed by atoms with van der Waals surface area (Å²) in [7, 11) is 0. The zero-order valence-electron chi connectivity index (χ0n) is 9.86. The van der Waals surface area contributed by atoms with Gasteiger partial charge in [0.15, 0.2) is 0 Å². The quantitative estimate of drug-likeness (QED) is 0.605. The van der Waals surface area contributed by atoms with Crippen LogP contribution in [0.5, 0.6) is 0 Å². The standard InChI is InChI=1S/C15H17ClS/c16-15(11-6-2-1-3-7-11)13-10-17-14-9-5-4-8-12(13)14/h4-5,8-11,15H,1-3,6-7H2. The van der Waals surface area contributed by atoms with Crippen LogP contribution in [0.1, 0.15) is 43.0 Å². The van der Waals surface area contributed by atoms with Gasteiger partial charge < -0.3 is 0 Å². The first kappa shape index (κ1) is 11.6. The van der Waals surface area contributed by atoms with Crippen LogP contribution in [-0.4, -0.2) is 0 Å². The molecule has 0 N–H and O–H groups in total. The molecule has 1 heterocycles. The van der Waals surface area contributed by atoms with Gasteiger partial charge in [0.05, 0.1) is 5.38 Å². The molecule has 0 nitrogen and oxygen atoms in total. The summed E-state index contributed by atoms with van der Waals surface area (Å²) in [5, 5.41) is 3.84. The molecule has 2 heteroatoms. The Morgan fingerprint density at radius 2 is 1.88 bits per heavy atom. The minimum atomic E-state index is 0.214. The van der Waals surface area contributed by atoms with Crippen LogP contribution in [0.4, 0.5) is 0 Å². The highest BCUT2D eigenvalue weighted by Crippen LogP contribution is 2.42. The fraction of sp³-hybridized carbons (Fsp3) is 0.467. The third-order valence-corrected chi connectivity index (χ3v) is 5.44. The van der Waals surface area contributed by atoms with Gasteiger partial charge in [0, 0.05) is 4.70 Å². The number of thiophene rings is 1. The third kappa shape index (κ3) is 2.23. The molecule has 1 aliphatic carbocycles. The number of rotatable bonds is 2. The maximum Gasteiger partial charge on any atom is 0.0627 e. The average molecular weight is 265 g/mol. The molecule has 3 rings (SSSR count). The number of halogens is 1. The minimum Gasteiger partial charge on any atom is -0.143 e. The van der Waals surface area contributed by atoms with Crippen molar-refractivity contribution in [2.24, 2.45) is 5.92 Å². The van der Waals surface area contributed by atoms with Crippen LogP contribution in [0, 0.1) is 5.92 Å². The molecule has 1 aromatic heterocycles. The molecule has 0 bridgehead atoms. The smallest absolute Gasteiger partial charge is 0.0627 e. The predicted octanol–water partition coefficient (Wildman–Crippen LogP) is 5.76. The third-order valence-electron chi connectivity index (χ3n) is 3.87. The molecular formula is C15H17ClS. The van der Waals surface area contributed by atoms with Gasteiger partial charge in [0.1, 0.15) is 0 Å². The summed E-state index contributed by atoms with van der Waals surface area (Å²) in [5.74, 6) is 0.684. The summed E-state index contributed by atoms with van der Waals surface area (Å²) in [4.78, 5) is 0. The summed E-state index contributed by atoms with van der Waals surface area (Å²) in [6.45, 7) is 0. The van der Waals surface area contributed by atoms with Crippen molar-refractivity contribution >= 4 is 33.0 Å². The Morgan fingerprint density at radius 1 is 1.12 bits per heavy atom. The van der Waals surface area contributed by atoms with Crippen molar-refractivity contribution in [2.75, 3.05) is 0 Å². The van der Waals surface area contributed by atoms with Crippen molar-refractivity contribution in [2.45, 2.75) is 37.5 Å². The number of hydrogen-bond acceptors (Lipinski definition) is 1. The van der Waals surface area contributed by atoms with Gasteiger partial charge in [-0.25, -0.2) is 0 Å². The number of hydrogen-bond donors (Lipinski definition) is 0. The Kier molecular flexibility index (Phi) is 3.39. The molecule has 0 radical (unpaired) electrons. The van der Waals surface area contributed by atoms with E-state index < -0.39 is 0 Å². The van der Waals surface area contributed by atoms with E-state index in [2.05, 4.69) is 29.6 Å². The molecule has 0 amide bonds. The Balaban J connectivity index is 1.92. The molecular weight excluding hydrogens is 248 g/mol. The van der Waals surface area contributed by atoms with Crippen LogP contribution < -0.4 is 0 Å². The molecule has 0 aliphatic heterocycles. The number of fused-ring (bicyclic) bond motifs is 1. The van der Waals surface area contributed by atoms with E-state index in [1.165, 1.54) is 47.8 Å². The van der Waals surface area contributed by atoms with E-state index in [-0.39, 0.29) is 5.38 Å². The Labute approximate surface area is 112 Å². The lowest BCUT2D eigenvalue weighted by atomic mass is 9.84. The molecule has 0 spiro atoms. The second-order valence-electron chi connectivity index (χ2n) is 4.99. The van der Waals surface area contributed by atoms with Crippen molar-refractivity contribution in [1.29, 1.82) is 0 Å². The molecule has 17 heavy (non-hydrogen) atoms. The summed E-state index contributed by atoms with van der Waals surface area (Å²) in [6.07, 6.45) is 6.72. The predicted molar refractivity (Wildman–Crippen MR) is 77.0 cm³/mol. The van der Waals surface area contributed by atoms with Crippen molar-refractivity contribution in [3.8, 4) is 0 Å². The van der Waals surface area contributed by atoms with E-state index in [0.717, 1.165) is 0 Å². The molecule has 1 aliphatic rings. The lowest BCUT2D eigenvalue weighted by Gasteiger charge is -2.26. The summed E-state index contributed by atoms with van der Waals surface area (Å²) < 4.78 is 1.36. The first-order valence-electron chi connectivity index (χ1n) is 6.46. The maximum atomic E-state index is 6.71. The van der Waals surface area contributed by atoms with Crippen LogP contribution in [0.2, 0.25) is 0 Å². The molecule has 90 valence electrons. The van der Waals surface area contributed by atoms with Crippen LogP contribution in [-0.2, 0) is 0 Å². The summed E-state index contributed by atoms with van der Waals surface area (Å²) in [5.41, 5.74) is 1.36. The van der Waals surface area contributed by atoms with Crippen LogP contribution in [0.25, 0.3) is 10.1 Å². The molecule has 1 unspecified atom stereocenters. The number of benzene rings is 1. The monoisotopic (exact) mass is 264 g/mol. The fourth-order valence-corrected chi connectivity index (χ4v) is 4.40.